The fourth-order valence-corrected chi connectivity index (χ4v) is 3.29. The molecule has 0 saturated heterocycles. The van der Waals surface area contributed by atoms with Gasteiger partial charge < -0.3 is 14.8 Å². The number of aryl methyl sites for hydroxylation is 1. The molecule has 0 atom stereocenters. The lowest BCUT2D eigenvalue weighted by Gasteiger charge is -2.13. The van der Waals surface area contributed by atoms with Crippen LogP contribution in [0.4, 0.5) is 15.8 Å². The van der Waals surface area contributed by atoms with E-state index in [2.05, 4.69) is 22.9 Å². The van der Waals surface area contributed by atoms with Crippen molar-refractivity contribution in [2.75, 3.05) is 5.32 Å². The molecule has 3 aromatic rings. The number of amides is 1. The van der Waals surface area contributed by atoms with Crippen molar-refractivity contribution in [2.24, 2.45) is 7.05 Å². The summed E-state index contributed by atoms with van der Waals surface area (Å²) >= 11 is 0. The fraction of sp³-hybridized carbons (Fsp3) is 0.143. The molecule has 5 nitrogen and oxygen atoms in total. The molecule has 1 aliphatic heterocycles. The number of aromatic nitrogens is 2. The summed E-state index contributed by atoms with van der Waals surface area (Å²) in [4.78, 5) is 18.2. The number of nitrogens with zero attached hydrogens (tertiary/aromatic N) is 3. The van der Waals surface area contributed by atoms with E-state index in [4.69, 9.17) is 0 Å². The third-order valence-corrected chi connectivity index (χ3v) is 4.65. The normalized spacial score (nSPS) is 12.7. The minimum Gasteiger partial charge on any atom is -0.355 e. The zero-order valence-electron chi connectivity index (χ0n) is 14.9. The van der Waals surface area contributed by atoms with Crippen LogP contribution >= 0.6 is 0 Å². The first-order valence-corrected chi connectivity index (χ1v) is 8.61. The van der Waals surface area contributed by atoms with Crippen LogP contribution in [-0.4, -0.2) is 20.4 Å². The number of fused-ring (bicyclic) bond motifs is 1. The van der Waals surface area contributed by atoms with Crippen LogP contribution in [0.25, 0.3) is 11.3 Å². The van der Waals surface area contributed by atoms with E-state index in [0.29, 0.717) is 13.1 Å². The van der Waals surface area contributed by atoms with E-state index >= 15 is 0 Å². The Hall–Kier alpha value is -3.41. The molecular weight excluding hydrogens is 343 g/mol. The Morgan fingerprint density at radius 2 is 1.93 bits per heavy atom. The van der Waals surface area contributed by atoms with E-state index in [0.717, 1.165) is 33.8 Å². The van der Waals surface area contributed by atoms with Crippen molar-refractivity contribution >= 4 is 17.3 Å². The highest BCUT2D eigenvalue weighted by atomic mass is 19.1. The maximum absolute atomic E-state index is 13.2. The van der Waals surface area contributed by atoms with Gasteiger partial charge in [-0.25, -0.2) is 9.37 Å². The number of rotatable bonds is 4. The molecular formula is C21H19FN4O. The number of benzene rings is 2. The minimum absolute atomic E-state index is 0.0846. The Morgan fingerprint density at radius 3 is 2.56 bits per heavy atom. The summed E-state index contributed by atoms with van der Waals surface area (Å²) < 4.78 is 15.1. The Morgan fingerprint density at radius 1 is 1.22 bits per heavy atom. The third kappa shape index (κ3) is 3.33. The summed E-state index contributed by atoms with van der Waals surface area (Å²) in [6, 6.07) is 10.3. The van der Waals surface area contributed by atoms with Crippen LogP contribution in [0.3, 0.4) is 0 Å². The number of imidazole rings is 1. The molecule has 0 spiro atoms. The van der Waals surface area contributed by atoms with Crippen LogP contribution in [0.15, 0.2) is 61.6 Å². The molecule has 1 N–H and O–H groups in total. The van der Waals surface area contributed by atoms with Crippen LogP contribution in [-0.2, 0) is 24.9 Å². The summed E-state index contributed by atoms with van der Waals surface area (Å²) in [7, 11) is 1.92. The Kier molecular flexibility index (Phi) is 4.24. The van der Waals surface area contributed by atoms with Gasteiger partial charge in [0.15, 0.2) is 0 Å². The molecule has 2 heterocycles. The van der Waals surface area contributed by atoms with Gasteiger partial charge in [0.25, 0.3) is 0 Å². The lowest BCUT2D eigenvalue weighted by Crippen LogP contribution is -2.22. The van der Waals surface area contributed by atoms with E-state index in [1.807, 2.05) is 23.9 Å². The largest absolute Gasteiger partial charge is 0.355 e. The van der Waals surface area contributed by atoms with Crippen molar-refractivity contribution in [2.45, 2.75) is 13.1 Å². The lowest BCUT2D eigenvalue weighted by atomic mass is 10.0. The Labute approximate surface area is 156 Å². The molecule has 4 rings (SSSR count). The standard InChI is InChI=1S/C21H19FN4O/c1-3-21(27)26-10-14-8-18(20-12-25(2)13-23-20)19(9-15(14)11-26)24-17-6-4-16(22)5-7-17/h3-9,12-13,24H,1,10-11H2,2H3. The van der Waals surface area contributed by atoms with E-state index in [-0.39, 0.29) is 11.7 Å². The van der Waals surface area contributed by atoms with Crippen molar-refractivity contribution in [3.05, 3.63) is 78.5 Å². The van der Waals surface area contributed by atoms with Crippen molar-refractivity contribution in [1.29, 1.82) is 0 Å². The smallest absolute Gasteiger partial charge is 0.246 e. The molecule has 0 fully saturated rings. The monoisotopic (exact) mass is 362 g/mol. The van der Waals surface area contributed by atoms with Crippen molar-refractivity contribution in [3.63, 3.8) is 0 Å². The van der Waals surface area contributed by atoms with Gasteiger partial charge >= 0.3 is 0 Å². The van der Waals surface area contributed by atoms with Crippen LogP contribution in [0.5, 0.6) is 0 Å². The van der Waals surface area contributed by atoms with Gasteiger partial charge in [-0.2, -0.15) is 0 Å². The third-order valence-electron chi connectivity index (χ3n) is 4.65. The molecule has 27 heavy (non-hydrogen) atoms. The zero-order chi connectivity index (χ0) is 19.0. The number of hydrogen-bond donors (Lipinski definition) is 1. The molecule has 136 valence electrons. The second kappa shape index (κ2) is 6.72. The molecule has 6 heteroatoms. The highest BCUT2D eigenvalue weighted by Crippen LogP contribution is 2.36. The molecule has 0 radical (unpaired) electrons. The first-order chi connectivity index (χ1) is 13.0. The summed E-state index contributed by atoms with van der Waals surface area (Å²) in [6.45, 7) is 4.66. The second-order valence-corrected chi connectivity index (χ2v) is 6.62. The quantitative estimate of drug-likeness (QED) is 0.714. The zero-order valence-corrected chi connectivity index (χ0v) is 14.9. The van der Waals surface area contributed by atoms with E-state index in [9.17, 15) is 9.18 Å². The van der Waals surface area contributed by atoms with Crippen LogP contribution < -0.4 is 5.32 Å². The number of nitrogens with one attached hydrogen (secondary N) is 1. The number of halogens is 1. The van der Waals surface area contributed by atoms with Gasteiger partial charge in [0, 0.05) is 43.3 Å². The average Bonchev–Trinajstić information content (AvgIpc) is 3.28. The first-order valence-electron chi connectivity index (χ1n) is 8.61. The molecule has 0 bridgehead atoms. The number of carbonyl (C=O) groups is 1. The van der Waals surface area contributed by atoms with Crippen LogP contribution in [0, 0.1) is 5.82 Å². The SMILES string of the molecule is C=CC(=O)N1Cc2cc(Nc3ccc(F)cc3)c(-c3cn(C)cn3)cc2C1. The highest BCUT2D eigenvalue weighted by Gasteiger charge is 2.24. The average molecular weight is 362 g/mol. The summed E-state index contributed by atoms with van der Waals surface area (Å²) in [5.41, 5.74) is 5.59. The van der Waals surface area contributed by atoms with Gasteiger partial charge in [-0.1, -0.05) is 6.58 Å². The highest BCUT2D eigenvalue weighted by molar-refractivity contribution is 5.88. The second-order valence-electron chi connectivity index (χ2n) is 6.62. The number of anilines is 2. The van der Waals surface area contributed by atoms with Gasteiger partial charge in [-0.05, 0) is 53.6 Å². The topological polar surface area (TPSA) is 50.2 Å². The summed E-state index contributed by atoms with van der Waals surface area (Å²) in [6.07, 6.45) is 5.03. The van der Waals surface area contributed by atoms with Gasteiger partial charge in [-0.3, -0.25) is 4.79 Å². The molecule has 2 aromatic carbocycles. The summed E-state index contributed by atoms with van der Waals surface area (Å²) in [5, 5.41) is 3.36. The Bertz CT molecular complexity index is 1020. The molecule has 1 aromatic heterocycles. The minimum atomic E-state index is -0.280. The van der Waals surface area contributed by atoms with E-state index < -0.39 is 0 Å². The predicted molar refractivity (Wildman–Crippen MR) is 103 cm³/mol. The van der Waals surface area contributed by atoms with Crippen LogP contribution in [0.2, 0.25) is 0 Å². The molecule has 0 saturated carbocycles. The molecule has 1 amide bonds. The van der Waals surface area contributed by atoms with Crippen molar-refractivity contribution in [1.82, 2.24) is 14.5 Å². The summed E-state index contributed by atoms with van der Waals surface area (Å²) in [5.74, 6) is -0.364. The fourth-order valence-electron chi connectivity index (χ4n) is 3.29. The molecule has 1 aliphatic rings. The van der Waals surface area contributed by atoms with Crippen molar-refractivity contribution in [3.8, 4) is 11.3 Å². The van der Waals surface area contributed by atoms with Gasteiger partial charge in [0.1, 0.15) is 5.82 Å². The Balaban J connectivity index is 1.76. The van der Waals surface area contributed by atoms with Crippen molar-refractivity contribution < 1.29 is 9.18 Å². The molecule has 0 unspecified atom stereocenters. The van der Waals surface area contributed by atoms with E-state index in [1.54, 1.807) is 23.4 Å². The lowest BCUT2D eigenvalue weighted by molar-refractivity contribution is -0.126. The van der Waals surface area contributed by atoms with Gasteiger partial charge in [-0.15, -0.1) is 0 Å². The first kappa shape index (κ1) is 17.0. The maximum Gasteiger partial charge on any atom is 0.246 e. The van der Waals surface area contributed by atoms with Gasteiger partial charge in [0.2, 0.25) is 5.91 Å². The number of carbonyl (C=O) groups excluding carboxylic acids is 1. The molecule has 0 aliphatic carbocycles. The van der Waals surface area contributed by atoms with E-state index in [1.165, 1.54) is 18.2 Å². The van der Waals surface area contributed by atoms with Gasteiger partial charge in [0.05, 0.1) is 12.0 Å². The van der Waals surface area contributed by atoms with Crippen LogP contribution in [0.1, 0.15) is 11.1 Å². The number of hydrogen-bond acceptors (Lipinski definition) is 3. The maximum atomic E-state index is 13.2. The predicted octanol–water partition coefficient (Wildman–Crippen LogP) is 4.00.